The summed E-state index contributed by atoms with van der Waals surface area (Å²) in [5, 5.41) is 20.3. The van der Waals surface area contributed by atoms with Crippen LogP contribution in [0, 0.1) is 17.2 Å². The third kappa shape index (κ3) is 5.16. The van der Waals surface area contributed by atoms with E-state index in [4.69, 9.17) is 10.4 Å². The van der Waals surface area contributed by atoms with Crippen molar-refractivity contribution in [1.29, 1.82) is 5.26 Å². The first-order valence-electron chi connectivity index (χ1n) is 6.18. The number of carbonyl (C=O) groups is 1. The Labute approximate surface area is 102 Å². The second-order valence-electron chi connectivity index (χ2n) is 4.62. The smallest absolute Gasteiger partial charge is 0.223 e. The fourth-order valence-electron chi connectivity index (χ4n) is 2.02. The molecule has 1 rings (SSSR count). The van der Waals surface area contributed by atoms with Gasteiger partial charge in [-0.1, -0.05) is 0 Å². The summed E-state index contributed by atoms with van der Waals surface area (Å²) in [6.07, 6.45) is 1.75. The van der Waals surface area contributed by atoms with Gasteiger partial charge in [-0.2, -0.15) is 5.26 Å². The molecule has 1 atom stereocenters. The van der Waals surface area contributed by atoms with Gasteiger partial charge in [-0.05, 0) is 32.9 Å². The molecule has 17 heavy (non-hydrogen) atoms. The average Bonchev–Trinajstić information content (AvgIpc) is 2.34. The van der Waals surface area contributed by atoms with Crippen molar-refractivity contribution in [3.05, 3.63) is 0 Å². The van der Waals surface area contributed by atoms with Crippen LogP contribution < -0.4 is 5.32 Å². The number of amides is 1. The van der Waals surface area contributed by atoms with Crippen LogP contribution in [0.25, 0.3) is 0 Å². The number of nitrogens with zero attached hydrogens (tertiary/aromatic N) is 2. The van der Waals surface area contributed by atoms with Crippen LogP contribution in [-0.2, 0) is 4.79 Å². The van der Waals surface area contributed by atoms with Gasteiger partial charge in [0.25, 0.3) is 0 Å². The molecule has 0 saturated carbocycles. The molecule has 1 fully saturated rings. The average molecular weight is 239 g/mol. The Balaban J connectivity index is 2.22. The van der Waals surface area contributed by atoms with E-state index >= 15 is 0 Å². The number of rotatable bonds is 5. The normalized spacial score (nSPS) is 19.6. The number of aliphatic hydroxyl groups excluding tert-OH is 1. The van der Waals surface area contributed by atoms with E-state index in [1.54, 1.807) is 6.92 Å². The topological polar surface area (TPSA) is 76.4 Å². The Bertz CT molecular complexity index is 278. The second-order valence-corrected chi connectivity index (χ2v) is 4.62. The summed E-state index contributed by atoms with van der Waals surface area (Å²) < 4.78 is 0. The highest BCUT2D eigenvalue weighted by molar-refractivity contribution is 5.78. The van der Waals surface area contributed by atoms with E-state index in [2.05, 4.69) is 16.3 Å². The predicted octanol–water partition coefficient (Wildman–Crippen LogP) is 0.109. The number of hydrogen-bond donors (Lipinski definition) is 2. The molecule has 1 unspecified atom stereocenters. The zero-order valence-electron chi connectivity index (χ0n) is 10.4. The van der Waals surface area contributed by atoms with Crippen LogP contribution in [0.3, 0.4) is 0 Å². The van der Waals surface area contributed by atoms with Gasteiger partial charge in [-0.3, -0.25) is 4.79 Å². The molecule has 1 heterocycles. The van der Waals surface area contributed by atoms with Crippen LogP contribution in [0.2, 0.25) is 0 Å². The van der Waals surface area contributed by atoms with Crippen molar-refractivity contribution in [2.45, 2.75) is 32.3 Å². The Morgan fingerprint density at radius 1 is 1.59 bits per heavy atom. The van der Waals surface area contributed by atoms with Crippen molar-refractivity contribution in [1.82, 2.24) is 10.2 Å². The van der Waals surface area contributed by atoms with E-state index < -0.39 is 6.10 Å². The molecule has 0 spiro atoms. The zero-order chi connectivity index (χ0) is 12.7. The summed E-state index contributed by atoms with van der Waals surface area (Å²) in [5.74, 6) is 0.109. The SMILES string of the molecule is CC(O)CNC(=O)C1CCN(CCC#N)CC1. The number of likely N-dealkylation sites (tertiary alicyclic amines) is 1. The quantitative estimate of drug-likeness (QED) is 0.714. The Morgan fingerprint density at radius 3 is 2.76 bits per heavy atom. The Kier molecular flexibility index (Phi) is 5.95. The van der Waals surface area contributed by atoms with Gasteiger partial charge in [0.1, 0.15) is 0 Å². The lowest BCUT2D eigenvalue weighted by atomic mass is 9.96. The van der Waals surface area contributed by atoms with E-state index in [9.17, 15) is 4.79 Å². The first-order chi connectivity index (χ1) is 8.13. The van der Waals surface area contributed by atoms with Crippen molar-refractivity contribution >= 4 is 5.91 Å². The van der Waals surface area contributed by atoms with Gasteiger partial charge in [0.05, 0.1) is 12.2 Å². The summed E-state index contributed by atoms with van der Waals surface area (Å²) in [7, 11) is 0. The first kappa shape index (κ1) is 13.9. The molecule has 1 amide bonds. The zero-order valence-corrected chi connectivity index (χ0v) is 10.4. The monoisotopic (exact) mass is 239 g/mol. The summed E-state index contributed by atoms with van der Waals surface area (Å²) >= 11 is 0. The number of hydrogen-bond acceptors (Lipinski definition) is 4. The number of nitrogens with one attached hydrogen (secondary N) is 1. The highest BCUT2D eigenvalue weighted by Gasteiger charge is 2.24. The number of aliphatic hydroxyl groups is 1. The molecule has 0 aromatic heterocycles. The van der Waals surface area contributed by atoms with Crippen molar-refractivity contribution in [3.63, 3.8) is 0 Å². The summed E-state index contributed by atoms with van der Waals surface area (Å²) in [4.78, 5) is 14.0. The largest absolute Gasteiger partial charge is 0.392 e. The van der Waals surface area contributed by atoms with Crippen LogP contribution in [0.4, 0.5) is 0 Å². The number of nitriles is 1. The van der Waals surface area contributed by atoms with Gasteiger partial charge in [0, 0.05) is 25.4 Å². The van der Waals surface area contributed by atoms with E-state index in [-0.39, 0.29) is 11.8 Å². The second kappa shape index (κ2) is 7.25. The molecular formula is C12H21N3O2. The van der Waals surface area contributed by atoms with E-state index in [0.717, 1.165) is 32.5 Å². The molecule has 1 aliphatic heterocycles. The molecule has 96 valence electrons. The molecule has 0 bridgehead atoms. The van der Waals surface area contributed by atoms with E-state index in [0.29, 0.717) is 13.0 Å². The molecule has 0 radical (unpaired) electrons. The molecule has 5 heteroatoms. The standard InChI is InChI=1S/C12H21N3O2/c1-10(16)9-14-12(17)11-3-7-15(8-4-11)6-2-5-13/h10-11,16H,2-4,6-9H2,1H3,(H,14,17). The summed E-state index contributed by atoms with van der Waals surface area (Å²) in [6.45, 7) is 4.56. The van der Waals surface area contributed by atoms with E-state index in [1.165, 1.54) is 0 Å². The van der Waals surface area contributed by atoms with Crippen LogP contribution in [0.1, 0.15) is 26.2 Å². The van der Waals surface area contributed by atoms with Crippen LogP contribution >= 0.6 is 0 Å². The molecule has 0 aromatic rings. The minimum Gasteiger partial charge on any atom is -0.392 e. The Hall–Kier alpha value is -1.12. The first-order valence-corrected chi connectivity index (χ1v) is 6.18. The maximum Gasteiger partial charge on any atom is 0.223 e. The fraction of sp³-hybridized carbons (Fsp3) is 0.833. The maximum atomic E-state index is 11.7. The van der Waals surface area contributed by atoms with Crippen LogP contribution in [-0.4, -0.2) is 48.2 Å². The van der Waals surface area contributed by atoms with Crippen molar-refractivity contribution < 1.29 is 9.90 Å². The highest BCUT2D eigenvalue weighted by atomic mass is 16.3. The van der Waals surface area contributed by atoms with E-state index in [1.807, 2.05) is 0 Å². The van der Waals surface area contributed by atoms with Gasteiger partial charge in [0.15, 0.2) is 0 Å². The van der Waals surface area contributed by atoms with Gasteiger partial charge < -0.3 is 15.3 Å². The van der Waals surface area contributed by atoms with Gasteiger partial charge >= 0.3 is 0 Å². The summed E-state index contributed by atoms with van der Waals surface area (Å²) in [5.41, 5.74) is 0. The molecular weight excluding hydrogens is 218 g/mol. The summed E-state index contributed by atoms with van der Waals surface area (Å²) in [6, 6.07) is 2.13. The van der Waals surface area contributed by atoms with Gasteiger partial charge in [-0.25, -0.2) is 0 Å². The van der Waals surface area contributed by atoms with Gasteiger partial charge in [-0.15, -0.1) is 0 Å². The van der Waals surface area contributed by atoms with Crippen molar-refractivity contribution in [2.24, 2.45) is 5.92 Å². The third-order valence-electron chi connectivity index (χ3n) is 3.07. The van der Waals surface area contributed by atoms with Crippen molar-refractivity contribution in [2.75, 3.05) is 26.2 Å². The molecule has 1 saturated heterocycles. The minimum absolute atomic E-state index is 0.0471. The lowest BCUT2D eigenvalue weighted by molar-refractivity contribution is -0.126. The third-order valence-corrected chi connectivity index (χ3v) is 3.07. The lowest BCUT2D eigenvalue weighted by Gasteiger charge is -2.30. The highest BCUT2D eigenvalue weighted by Crippen LogP contribution is 2.17. The maximum absolute atomic E-state index is 11.7. The predicted molar refractivity (Wildman–Crippen MR) is 64.1 cm³/mol. The minimum atomic E-state index is -0.491. The van der Waals surface area contributed by atoms with Crippen molar-refractivity contribution in [3.8, 4) is 6.07 Å². The lowest BCUT2D eigenvalue weighted by Crippen LogP contribution is -2.42. The number of piperidine rings is 1. The van der Waals surface area contributed by atoms with Crippen LogP contribution in [0.5, 0.6) is 0 Å². The fourth-order valence-corrected chi connectivity index (χ4v) is 2.02. The molecule has 0 aromatic carbocycles. The Morgan fingerprint density at radius 2 is 2.24 bits per heavy atom. The molecule has 2 N–H and O–H groups in total. The van der Waals surface area contributed by atoms with Crippen LogP contribution in [0.15, 0.2) is 0 Å². The molecule has 1 aliphatic rings. The molecule has 0 aliphatic carbocycles. The molecule has 5 nitrogen and oxygen atoms in total. The van der Waals surface area contributed by atoms with Gasteiger partial charge in [0.2, 0.25) is 5.91 Å². The number of carbonyl (C=O) groups excluding carboxylic acids is 1.